The van der Waals surface area contributed by atoms with Crippen LogP contribution in [-0.2, 0) is 6.18 Å². The van der Waals surface area contributed by atoms with Gasteiger partial charge in [0.15, 0.2) is 17.0 Å². The Bertz CT molecular complexity index is 1050. The largest absolute Gasteiger partial charge is 0.433 e. The second-order valence-electron chi connectivity index (χ2n) is 6.24. The Kier molecular flexibility index (Phi) is 5.54. The van der Waals surface area contributed by atoms with E-state index in [9.17, 15) is 18.0 Å². The zero-order valence-electron chi connectivity index (χ0n) is 14.8. The van der Waals surface area contributed by atoms with Crippen molar-refractivity contribution >= 4 is 34.8 Å². The van der Waals surface area contributed by atoms with Crippen molar-refractivity contribution in [1.29, 1.82) is 0 Å². The highest BCUT2D eigenvalue weighted by atomic mass is 35.5. The molecule has 0 saturated heterocycles. The van der Waals surface area contributed by atoms with Crippen LogP contribution in [0.2, 0.25) is 10.0 Å². The first-order valence-electron chi connectivity index (χ1n) is 8.34. The van der Waals surface area contributed by atoms with Crippen molar-refractivity contribution in [3.05, 3.63) is 51.8 Å². The minimum absolute atomic E-state index is 0.0344. The van der Waals surface area contributed by atoms with Gasteiger partial charge in [-0.1, -0.05) is 36.2 Å². The summed E-state index contributed by atoms with van der Waals surface area (Å²) in [4.78, 5) is 16.5. The Labute approximate surface area is 168 Å². The van der Waals surface area contributed by atoms with Gasteiger partial charge in [0.2, 0.25) is 0 Å². The van der Waals surface area contributed by atoms with E-state index in [1.165, 1.54) is 24.3 Å². The normalized spacial score (nSPS) is 13.0. The molecule has 1 aromatic carbocycles. The maximum absolute atomic E-state index is 13.6. The number of nitrogens with one attached hydrogen (secondary N) is 1. The summed E-state index contributed by atoms with van der Waals surface area (Å²) in [5, 5.41) is 6.94. The molecule has 5 nitrogen and oxygen atoms in total. The Balaban J connectivity index is 2.15. The van der Waals surface area contributed by atoms with E-state index >= 15 is 0 Å². The molecule has 28 heavy (non-hydrogen) atoms. The van der Waals surface area contributed by atoms with Crippen LogP contribution in [0.4, 0.5) is 13.2 Å². The van der Waals surface area contributed by atoms with Crippen LogP contribution < -0.4 is 5.32 Å². The lowest BCUT2D eigenvalue weighted by atomic mass is 10.1. The van der Waals surface area contributed by atoms with Gasteiger partial charge in [-0.3, -0.25) is 4.79 Å². The number of hydrogen-bond acceptors (Lipinski definition) is 3. The van der Waals surface area contributed by atoms with Gasteiger partial charge in [0.25, 0.3) is 5.91 Å². The van der Waals surface area contributed by atoms with Crippen LogP contribution in [0.5, 0.6) is 0 Å². The molecule has 0 saturated carbocycles. The predicted molar refractivity (Wildman–Crippen MR) is 101 cm³/mol. The molecule has 1 N–H and O–H groups in total. The van der Waals surface area contributed by atoms with E-state index in [2.05, 4.69) is 15.4 Å². The molecule has 0 radical (unpaired) electrons. The Morgan fingerprint density at radius 3 is 2.54 bits per heavy atom. The van der Waals surface area contributed by atoms with E-state index in [0.717, 1.165) is 6.07 Å². The number of halogens is 5. The van der Waals surface area contributed by atoms with Gasteiger partial charge in [0.1, 0.15) is 0 Å². The molecule has 0 aliphatic heterocycles. The average molecular weight is 431 g/mol. The SMILES string of the molecule is CC[C@@H](C)NC(=O)c1cc2nc(-c3ccc(Cl)c(Cl)c3)cc(C(F)(F)F)n2n1. The van der Waals surface area contributed by atoms with Gasteiger partial charge in [-0.05, 0) is 31.5 Å². The molecule has 3 aromatic rings. The summed E-state index contributed by atoms with van der Waals surface area (Å²) in [7, 11) is 0. The number of amides is 1. The monoisotopic (exact) mass is 430 g/mol. The molecule has 10 heteroatoms. The van der Waals surface area contributed by atoms with Crippen molar-refractivity contribution in [3.63, 3.8) is 0 Å². The number of hydrogen-bond donors (Lipinski definition) is 1. The maximum atomic E-state index is 13.6. The fourth-order valence-corrected chi connectivity index (χ4v) is 2.79. The molecule has 0 spiro atoms. The predicted octanol–water partition coefficient (Wildman–Crippen LogP) is 5.25. The maximum Gasteiger partial charge on any atom is 0.433 e. The van der Waals surface area contributed by atoms with E-state index < -0.39 is 17.8 Å². The first kappa shape index (κ1) is 20.4. The Hall–Kier alpha value is -2.32. The first-order chi connectivity index (χ1) is 13.1. The summed E-state index contributed by atoms with van der Waals surface area (Å²) in [5.41, 5.74) is -0.919. The summed E-state index contributed by atoms with van der Waals surface area (Å²) in [6.07, 6.45) is -4.03. The first-order valence-corrected chi connectivity index (χ1v) is 9.10. The summed E-state index contributed by atoms with van der Waals surface area (Å²) < 4.78 is 41.4. The van der Waals surface area contributed by atoms with E-state index in [1.807, 2.05) is 6.92 Å². The molecule has 0 unspecified atom stereocenters. The van der Waals surface area contributed by atoms with Gasteiger partial charge in [-0.15, -0.1) is 0 Å². The highest BCUT2D eigenvalue weighted by Gasteiger charge is 2.35. The average Bonchev–Trinajstić information content (AvgIpc) is 3.06. The molecule has 3 rings (SSSR count). The number of fused-ring (bicyclic) bond motifs is 1. The molecule has 1 atom stereocenters. The number of carbonyl (C=O) groups excluding carboxylic acids is 1. The van der Waals surface area contributed by atoms with Crippen LogP contribution >= 0.6 is 23.2 Å². The molecule has 2 heterocycles. The molecular formula is C18H15Cl2F3N4O. The van der Waals surface area contributed by atoms with Gasteiger partial charge >= 0.3 is 6.18 Å². The number of rotatable bonds is 4. The van der Waals surface area contributed by atoms with E-state index in [1.54, 1.807) is 6.92 Å². The zero-order valence-corrected chi connectivity index (χ0v) is 16.3. The zero-order chi connectivity index (χ0) is 20.6. The van der Waals surface area contributed by atoms with Crippen LogP contribution in [0.15, 0.2) is 30.3 Å². The van der Waals surface area contributed by atoms with Gasteiger partial charge < -0.3 is 5.32 Å². The van der Waals surface area contributed by atoms with Crippen LogP contribution in [0.25, 0.3) is 16.9 Å². The molecular weight excluding hydrogens is 416 g/mol. The molecule has 0 aliphatic carbocycles. The van der Waals surface area contributed by atoms with Gasteiger partial charge in [-0.2, -0.15) is 18.3 Å². The number of nitrogens with zero attached hydrogens (tertiary/aromatic N) is 3. The van der Waals surface area contributed by atoms with E-state index in [0.29, 0.717) is 16.5 Å². The van der Waals surface area contributed by atoms with Gasteiger partial charge in [-0.25, -0.2) is 9.50 Å². The molecule has 0 bridgehead atoms. The van der Waals surface area contributed by atoms with E-state index in [-0.39, 0.29) is 33.1 Å². The fraction of sp³-hybridized carbons (Fsp3) is 0.278. The number of aromatic nitrogens is 3. The third-order valence-electron chi connectivity index (χ3n) is 4.16. The van der Waals surface area contributed by atoms with Crippen molar-refractivity contribution in [2.24, 2.45) is 0 Å². The third kappa shape index (κ3) is 4.07. The lowest BCUT2D eigenvalue weighted by Gasteiger charge is -2.11. The minimum Gasteiger partial charge on any atom is -0.348 e. The van der Waals surface area contributed by atoms with Crippen molar-refractivity contribution in [2.45, 2.75) is 32.5 Å². The summed E-state index contributed by atoms with van der Waals surface area (Å²) in [6.45, 7) is 3.66. The van der Waals surface area contributed by atoms with Crippen molar-refractivity contribution < 1.29 is 18.0 Å². The number of carbonyl (C=O) groups is 1. The number of alkyl halides is 3. The van der Waals surface area contributed by atoms with Crippen LogP contribution in [0.3, 0.4) is 0 Å². The smallest absolute Gasteiger partial charge is 0.348 e. The fourth-order valence-electron chi connectivity index (χ4n) is 2.49. The second-order valence-corrected chi connectivity index (χ2v) is 7.05. The summed E-state index contributed by atoms with van der Waals surface area (Å²) >= 11 is 11.8. The second kappa shape index (κ2) is 7.60. The minimum atomic E-state index is -4.71. The number of benzene rings is 1. The van der Waals surface area contributed by atoms with Crippen LogP contribution in [-0.4, -0.2) is 26.5 Å². The van der Waals surface area contributed by atoms with Gasteiger partial charge in [0.05, 0.1) is 15.7 Å². The molecule has 148 valence electrons. The lowest BCUT2D eigenvalue weighted by Crippen LogP contribution is -2.32. The van der Waals surface area contributed by atoms with Crippen molar-refractivity contribution in [3.8, 4) is 11.3 Å². The molecule has 2 aromatic heterocycles. The van der Waals surface area contributed by atoms with E-state index in [4.69, 9.17) is 23.2 Å². The van der Waals surface area contributed by atoms with Crippen LogP contribution in [0.1, 0.15) is 36.5 Å². The molecule has 1 amide bonds. The molecule has 0 fully saturated rings. The standard InChI is InChI=1S/C18H15Cl2F3N4O/c1-3-9(2)24-17(28)14-8-16-25-13(10-4-5-11(19)12(20)6-10)7-15(18(21,22)23)27(16)26-14/h4-9H,3H2,1-2H3,(H,24,28)/t9-/m1/s1. The Morgan fingerprint density at radius 2 is 1.93 bits per heavy atom. The van der Waals surface area contributed by atoms with Crippen molar-refractivity contribution in [1.82, 2.24) is 19.9 Å². The summed E-state index contributed by atoms with van der Waals surface area (Å²) in [5.74, 6) is -0.566. The highest BCUT2D eigenvalue weighted by Crippen LogP contribution is 2.34. The summed E-state index contributed by atoms with van der Waals surface area (Å²) in [6, 6.07) is 6.35. The third-order valence-corrected chi connectivity index (χ3v) is 4.89. The molecule has 0 aliphatic rings. The topological polar surface area (TPSA) is 59.3 Å². The lowest BCUT2D eigenvalue weighted by molar-refractivity contribution is -0.142. The van der Waals surface area contributed by atoms with Crippen molar-refractivity contribution in [2.75, 3.05) is 0 Å². The van der Waals surface area contributed by atoms with Gasteiger partial charge in [0, 0.05) is 17.7 Å². The van der Waals surface area contributed by atoms with Crippen LogP contribution in [0, 0.1) is 0 Å². The highest BCUT2D eigenvalue weighted by molar-refractivity contribution is 6.42. The quantitative estimate of drug-likeness (QED) is 0.614. The Morgan fingerprint density at radius 1 is 1.21 bits per heavy atom.